The lowest BCUT2D eigenvalue weighted by Gasteiger charge is -2.27. The topological polar surface area (TPSA) is 62.8 Å². The average molecular weight is 1130 g/mol. The highest BCUT2D eigenvalue weighted by molar-refractivity contribution is 6.32. The van der Waals surface area contributed by atoms with E-state index in [9.17, 15) is 0 Å². The zero-order valence-electron chi connectivity index (χ0n) is 47.8. The van der Waals surface area contributed by atoms with Crippen molar-refractivity contribution in [2.75, 3.05) is 0 Å². The third kappa shape index (κ3) is 6.53. The molecule has 0 aliphatic rings. The average Bonchev–Trinajstić information content (AvgIpc) is 1.55. The molecule has 0 bridgehead atoms. The smallest absolute Gasteiger partial charge is 0.164 e. The summed E-state index contributed by atoms with van der Waals surface area (Å²) < 4.78 is 13.0. The Bertz CT molecular complexity index is 6080. The van der Waals surface area contributed by atoms with E-state index in [0.717, 1.165) is 122 Å². The van der Waals surface area contributed by atoms with E-state index < -0.39 is 0 Å². The van der Waals surface area contributed by atoms with Gasteiger partial charge in [0.25, 0.3) is 0 Å². The summed E-state index contributed by atoms with van der Waals surface area (Å²) in [6.07, 6.45) is 0. The largest absolute Gasteiger partial charge is 0.306 e. The van der Waals surface area contributed by atoms with Crippen molar-refractivity contribution in [3.8, 4) is 56.9 Å². The summed E-state index contributed by atoms with van der Waals surface area (Å²) in [6.45, 7) is 0. The molecule has 7 heterocycles. The molecule has 8 heteroatoms. The fourth-order valence-corrected chi connectivity index (χ4v) is 15.3. The molecule has 0 aliphatic carbocycles. The first-order chi connectivity index (χ1) is 44.2. The normalized spacial score (nSPS) is 12.3. The number of hydrogen-bond acceptors (Lipinski definition) is 3. The Balaban J connectivity index is 1.11. The second-order valence-corrected chi connectivity index (χ2v) is 23.4. The molecule has 0 fully saturated rings. The first-order valence-electron chi connectivity index (χ1n) is 30.4. The van der Waals surface area contributed by atoms with Crippen molar-refractivity contribution in [2.24, 2.45) is 0 Å². The molecule has 20 rings (SSSR count). The van der Waals surface area contributed by atoms with Gasteiger partial charge in [-0.05, 0) is 60.7 Å². The summed E-state index contributed by atoms with van der Waals surface area (Å²) in [7, 11) is 0. The number of para-hydroxylation sites is 9. The van der Waals surface area contributed by atoms with Crippen LogP contribution in [-0.4, -0.2) is 37.6 Å². The maximum absolute atomic E-state index is 5.48. The summed E-state index contributed by atoms with van der Waals surface area (Å²) in [5, 5.41) is 13.8. The second kappa shape index (κ2) is 18.2. The molecule has 7 aromatic heterocycles. The molecule has 0 amide bonds. The van der Waals surface area contributed by atoms with Crippen LogP contribution in [0.1, 0.15) is 0 Å². The maximum Gasteiger partial charge on any atom is 0.164 e. The summed E-state index contributed by atoms with van der Waals surface area (Å²) in [5.74, 6) is 1.83. The fraction of sp³-hybridized carbons (Fsp3) is 0. The molecule has 20 aromatic rings. The minimum atomic E-state index is 0.602. The van der Waals surface area contributed by atoms with Crippen LogP contribution in [0.5, 0.6) is 0 Å². The maximum atomic E-state index is 5.48. The van der Waals surface area contributed by atoms with Crippen LogP contribution in [-0.2, 0) is 0 Å². The predicted molar refractivity (Wildman–Crippen MR) is 368 cm³/mol. The van der Waals surface area contributed by atoms with Gasteiger partial charge < -0.3 is 22.7 Å². The van der Waals surface area contributed by atoms with Gasteiger partial charge in [-0.1, -0.05) is 231 Å². The van der Waals surface area contributed by atoms with E-state index in [1.54, 1.807) is 0 Å². The van der Waals surface area contributed by atoms with Gasteiger partial charge in [-0.3, -0.25) is 0 Å². The van der Waals surface area contributed by atoms with Gasteiger partial charge in [0, 0.05) is 81.3 Å². The SMILES string of the molecule is c1ccc(-c2nc(-c3ccccc3)nc(-c3ccc4c5c(-n6c7ccccc7c7ccccc76)c(-n6c7ccccc7c7ccccc76)c(-n6c7ccccc7c7ccccc76)c(-n6c7ccccc7c7ccccc76)c5n5c6ccccc6c3c45)n2)cc1. The van der Waals surface area contributed by atoms with Crippen LogP contribution in [0, 0.1) is 0 Å². The molecular weight excluding hydrogens is 1080 g/mol. The Morgan fingerprint density at radius 1 is 0.191 bits per heavy atom. The highest BCUT2D eigenvalue weighted by atomic mass is 15.2. The van der Waals surface area contributed by atoms with E-state index in [0.29, 0.717) is 17.5 Å². The van der Waals surface area contributed by atoms with Crippen molar-refractivity contribution in [2.45, 2.75) is 0 Å². The van der Waals surface area contributed by atoms with Crippen LogP contribution in [0.15, 0.2) is 291 Å². The van der Waals surface area contributed by atoms with Crippen molar-refractivity contribution >= 4 is 125 Å². The van der Waals surface area contributed by atoms with Crippen molar-refractivity contribution in [1.29, 1.82) is 0 Å². The number of aromatic nitrogens is 8. The standard InChI is InChI=1S/C81H48N8/c1-3-25-49(26-4-1)79-82-80(50-27-5-2-6-28-50)84-81(83-79)61-48-47-60-72-74(85-62-38-16-7-29-51(62)52-30-8-17-39-63(52)85)76(86-64-40-18-9-31-53(64)54-32-10-19-41-65(54)86)78(88-68-44-22-13-35-57(68)58-36-14-23-45-69(58)88)77(75(72)89-70-46-24-15-37-59(70)71(61)73(60)89)87-66-42-20-11-33-55(66)56-34-12-21-43-67(56)87/h1-48H. The molecule has 0 aliphatic heterocycles. The van der Waals surface area contributed by atoms with E-state index in [-0.39, 0.29) is 0 Å². The lowest BCUT2D eigenvalue weighted by molar-refractivity contribution is 1.03. The van der Waals surface area contributed by atoms with Crippen molar-refractivity contribution in [1.82, 2.24) is 37.6 Å². The van der Waals surface area contributed by atoms with E-state index in [1.807, 2.05) is 36.4 Å². The molecule has 0 atom stereocenters. The lowest BCUT2D eigenvalue weighted by atomic mass is 9.99. The Morgan fingerprint density at radius 3 is 0.865 bits per heavy atom. The van der Waals surface area contributed by atoms with Gasteiger partial charge in [0.05, 0.1) is 83.4 Å². The first-order valence-corrected chi connectivity index (χ1v) is 30.4. The van der Waals surface area contributed by atoms with Crippen LogP contribution >= 0.6 is 0 Å². The van der Waals surface area contributed by atoms with Crippen LogP contribution in [0.2, 0.25) is 0 Å². The molecule has 0 saturated carbocycles. The molecule has 0 unspecified atom stereocenters. The minimum absolute atomic E-state index is 0.602. The number of hydrogen-bond donors (Lipinski definition) is 0. The summed E-state index contributed by atoms with van der Waals surface area (Å²) in [5.41, 5.74) is 19.0. The van der Waals surface area contributed by atoms with Crippen LogP contribution < -0.4 is 0 Å². The van der Waals surface area contributed by atoms with E-state index in [4.69, 9.17) is 15.0 Å². The highest BCUT2D eigenvalue weighted by Gasteiger charge is 2.36. The number of nitrogens with zero attached hydrogens (tertiary/aromatic N) is 8. The Labute approximate surface area is 508 Å². The number of fused-ring (bicyclic) bond motifs is 18. The number of benzene rings is 13. The Kier molecular flexibility index (Phi) is 9.84. The molecule has 0 saturated heterocycles. The molecule has 8 nitrogen and oxygen atoms in total. The fourth-order valence-electron chi connectivity index (χ4n) is 15.3. The Morgan fingerprint density at radius 2 is 0.483 bits per heavy atom. The van der Waals surface area contributed by atoms with Crippen LogP contribution in [0.25, 0.3) is 182 Å². The zero-order valence-corrected chi connectivity index (χ0v) is 47.8. The van der Waals surface area contributed by atoms with Gasteiger partial charge in [0.2, 0.25) is 0 Å². The number of rotatable bonds is 7. The summed E-state index contributed by atoms with van der Waals surface area (Å²) in [6, 6.07) is 106. The van der Waals surface area contributed by atoms with E-state index in [1.165, 1.54) is 43.1 Å². The van der Waals surface area contributed by atoms with Gasteiger partial charge in [0.15, 0.2) is 17.5 Å². The van der Waals surface area contributed by atoms with Crippen molar-refractivity contribution in [3.05, 3.63) is 291 Å². The third-order valence-electron chi connectivity index (χ3n) is 18.8. The van der Waals surface area contributed by atoms with E-state index >= 15 is 0 Å². The summed E-state index contributed by atoms with van der Waals surface area (Å²) in [4.78, 5) is 16.2. The predicted octanol–water partition coefficient (Wildman–Crippen LogP) is 20.4. The Hall–Kier alpha value is -12.1. The van der Waals surface area contributed by atoms with Gasteiger partial charge in [-0.2, -0.15) is 0 Å². The van der Waals surface area contributed by atoms with E-state index in [2.05, 4.69) is 277 Å². The van der Waals surface area contributed by atoms with Gasteiger partial charge in [-0.15, -0.1) is 0 Å². The third-order valence-corrected chi connectivity index (χ3v) is 18.8. The van der Waals surface area contributed by atoms with Gasteiger partial charge in [-0.25, -0.2) is 15.0 Å². The second-order valence-electron chi connectivity index (χ2n) is 23.4. The van der Waals surface area contributed by atoms with Crippen LogP contribution in [0.3, 0.4) is 0 Å². The summed E-state index contributed by atoms with van der Waals surface area (Å²) >= 11 is 0. The zero-order chi connectivity index (χ0) is 58.0. The lowest BCUT2D eigenvalue weighted by Crippen LogP contribution is -2.14. The van der Waals surface area contributed by atoms with Gasteiger partial charge >= 0.3 is 0 Å². The first kappa shape index (κ1) is 48.1. The molecule has 0 spiro atoms. The van der Waals surface area contributed by atoms with Gasteiger partial charge in [0.1, 0.15) is 0 Å². The molecule has 13 aromatic carbocycles. The highest BCUT2D eigenvalue weighted by Crippen LogP contribution is 2.55. The minimum Gasteiger partial charge on any atom is -0.306 e. The van der Waals surface area contributed by atoms with Crippen LogP contribution in [0.4, 0.5) is 0 Å². The molecule has 412 valence electrons. The van der Waals surface area contributed by atoms with Crippen molar-refractivity contribution in [3.63, 3.8) is 0 Å². The quantitative estimate of drug-likeness (QED) is 0.160. The molecule has 0 N–H and O–H groups in total. The van der Waals surface area contributed by atoms with Crippen molar-refractivity contribution < 1.29 is 0 Å². The molecule has 0 radical (unpaired) electrons. The molecular formula is C81H48N8. The monoisotopic (exact) mass is 1130 g/mol. The molecule has 89 heavy (non-hydrogen) atoms.